The van der Waals surface area contributed by atoms with Crippen LogP contribution in [0.5, 0.6) is 0 Å². The smallest absolute Gasteiger partial charge is 0.342 e. The number of H-pyrrole nitrogens is 1. The fourth-order valence-electron chi connectivity index (χ4n) is 6.36. The van der Waals surface area contributed by atoms with Crippen LogP contribution in [0.2, 0.25) is 0 Å². The molecule has 1 N–H and O–H groups in total. The molecule has 0 saturated heterocycles. The molecule has 4 bridgehead atoms. The highest BCUT2D eigenvalue weighted by molar-refractivity contribution is 5.98. The van der Waals surface area contributed by atoms with Crippen molar-refractivity contribution >= 4 is 5.97 Å². The van der Waals surface area contributed by atoms with E-state index < -0.39 is 0 Å². The summed E-state index contributed by atoms with van der Waals surface area (Å²) < 4.78 is 18.8. The van der Waals surface area contributed by atoms with Gasteiger partial charge in [0.25, 0.3) is 0 Å². The van der Waals surface area contributed by atoms with E-state index in [4.69, 9.17) is 4.74 Å². The summed E-state index contributed by atoms with van der Waals surface area (Å²) in [6.07, 6.45) is 7.43. The van der Waals surface area contributed by atoms with Gasteiger partial charge >= 0.3 is 5.97 Å². The lowest BCUT2D eigenvalue weighted by Crippen LogP contribution is -2.49. The summed E-state index contributed by atoms with van der Waals surface area (Å²) >= 11 is 0. The number of rotatable bonds is 4. The predicted molar refractivity (Wildman–Crippen MR) is 99.8 cm³/mol. The Morgan fingerprint density at radius 2 is 1.74 bits per heavy atom. The fourth-order valence-corrected chi connectivity index (χ4v) is 6.36. The number of aromatic nitrogens is 2. The number of nitrogens with zero attached hydrogens (tertiary/aromatic N) is 1. The van der Waals surface area contributed by atoms with Crippen molar-refractivity contribution in [1.82, 2.24) is 10.2 Å². The first-order valence-corrected chi connectivity index (χ1v) is 10.1. The molecule has 0 amide bonds. The molecule has 1 heterocycles. The lowest BCUT2D eigenvalue weighted by molar-refractivity contribution is -0.00804. The quantitative estimate of drug-likeness (QED) is 0.784. The Balaban J connectivity index is 1.62. The Kier molecular flexibility index (Phi) is 3.88. The van der Waals surface area contributed by atoms with E-state index in [1.54, 1.807) is 12.1 Å². The molecule has 142 valence electrons. The van der Waals surface area contributed by atoms with Crippen molar-refractivity contribution in [2.45, 2.75) is 50.9 Å². The number of nitrogens with one attached hydrogen (secondary N) is 1. The van der Waals surface area contributed by atoms with E-state index in [-0.39, 0.29) is 17.2 Å². The molecule has 4 aliphatic rings. The van der Waals surface area contributed by atoms with Crippen molar-refractivity contribution in [2.75, 3.05) is 6.61 Å². The van der Waals surface area contributed by atoms with Crippen molar-refractivity contribution in [3.63, 3.8) is 0 Å². The van der Waals surface area contributed by atoms with Crippen LogP contribution in [0.3, 0.4) is 0 Å². The highest BCUT2D eigenvalue weighted by Gasteiger charge is 2.54. The summed E-state index contributed by atoms with van der Waals surface area (Å²) in [6.45, 7) is 2.15. The summed E-state index contributed by atoms with van der Waals surface area (Å²) in [5.74, 6) is 1.68. The van der Waals surface area contributed by atoms with Crippen LogP contribution in [0.1, 0.15) is 61.5 Å². The van der Waals surface area contributed by atoms with Gasteiger partial charge in [-0.05, 0) is 87.5 Å². The highest BCUT2D eigenvalue weighted by Crippen LogP contribution is 2.61. The zero-order valence-corrected chi connectivity index (χ0v) is 15.6. The molecule has 4 fully saturated rings. The number of carbonyl (C=O) groups is 1. The Bertz CT molecular complexity index is 836. The van der Waals surface area contributed by atoms with Gasteiger partial charge in [0.1, 0.15) is 17.1 Å². The molecule has 4 aliphatic carbocycles. The fraction of sp³-hybridized carbons (Fsp3) is 0.545. The van der Waals surface area contributed by atoms with Crippen molar-refractivity contribution in [3.8, 4) is 11.3 Å². The molecule has 4 saturated carbocycles. The van der Waals surface area contributed by atoms with Gasteiger partial charge in [-0.1, -0.05) is 0 Å². The maximum Gasteiger partial charge on any atom is 0.342 e. The van der Waals surface area contributed by atoms with E-state index in [2.05, 4.69) is 10.2 Å². The summed E-state index contributed by atoms with van der Waals surface area (Å²) in [4.78, 5) is 12.9. The minimum atomic E-state index is -0.323. The first-order chi connectivity index (χ1) is 13.1. The summed E-state index contributed by atoms with van der Waals surface area (Å²) in [6, 6.07) is 6.17. The molecule has 0 aliphatic heterocycles. The molecule has 2 aromatic rings. The van der Waals surface area contributed by atoms with Crippen molar-refractivity contribution < 1.29 is 13.9 Å². The molecule has 27 heavy (non-hydrogen) atoms. The largest absolute Gasteiger partial charge is 0.462 e. The Morgan fingerprint density at radius 1 is 1.15 bits per heavy atom. The lowest BCUT2D eigenvalue weighted by Gasteiger charge is -2.56. The summed E-state index contributed by atoms with van der Waals surface area (Å²) in [5.41, 5.74) is 2.86. The molecule has 0 spiro atoms. The normalized spacial score (nSPS) is 31.3. The second-order valence-electron chi connectivity index (χ2n) is 8.75. The van der Waals surface area contributed by atoms with Crippen LogP contribution in [0.4, 0.5) is 4.39 Å². The number of ether oxygens (including phenoxy) is 1. The molecular formula is C22H25FN2O2. The number of hydrogen-bond donors (Lipinski definition) is 1. The van der Waals surface area contributed by atoms with Crippen LogP contribution in [-0.4, -0.2) is 22.8 Å². The number of hydrogen-bond acceptors (Lipinski definition) is 3. The maximum absolute atomic E-state index is 13.4. The molecule has 0 atom stereocenters. The van der Waals surface area contributed by atoms with Gasteiger partial charge in [0.05, 0.1) is 12.3 Å². The minimum Gasteiger partial charge on any atom is -0.462 e. The Morgan fingerprint density at radius 3 is 2.30 bits per heavy atom. The lowest BCUT2D eigenvalue weighted by atomic mass is 9.48. The van der Waals surface area contributed by atoms with Crippen LogP contribution in [0.15, 0.2) is 24.3 Å². The van der Waals surface area contributed by atoms with E-state index in [0.717, 1.165) is 48.3 Å². The maximum atomic E-state index is 13.4. The van der Waals surface area contributed by atoms with Crippen LogP contribution in [0.25, 0.3) is 11.3 Å². The van der Waals surface area contributed by atoms with E-state index in [9.17, 15) is 9.18 Å². The third kappa shape index (κ3) is 2.70. The van der Waals surface area contributed by atoms with Crippen molar-refractivity contribution in [2.24, 2.45) is 17.8 Å². The summed E-state index contributed by atoms with van der Waals surface area (Å²) in [5, 5.41) is 7.77. The molecular weight excluding hydrogens is 343 g/mol. The van der Waals surface area contributed by atoms with Gasteiger partial charge in [-0.15, -0.1) is 0 Å². The molecule has 1 aromatic carbocycles. The average Bonchev–Trinajstić information content (AvgIpc) is 3.07. The van der Waals surface area contributed by atoms with Gasteiger partial charge in [-0.3, -0.25) is 5.10 Å². The first-order valence-electron chi connectivity index (χ1n) is 10.1. The molecule has 1 aromatic heterocycles. The predicted octanol–water partition coefficient (Wildman–Crippen LogP) is 4.86. The third-order valence-electron chi connectivity index (χ3n) is 6.93. The van der Waals surface area contributed by atoms with Crippen LogP contribution in [0, 0.1) is 23.6 Å². The van der Waals surface area contributed by atoms with Crippen molar-refractivity contribution in [1.29, 1.82) is 0 Å². The minimum absolute atomic E-state index is 0.0160. The van der Waals surface area contributed by atoms with E-state index >= 15 is 0 Å². The number of benzene rings is 1. The third-order valence-corrected chi connectivity index (χ3v) is 6.93. The second kappa shape index (κ2) is 6.18. The van der Waals surface area contributed by atoms with Crippen LogP contribution in [-0.2, 0) is 10.2 Å². The number of esters is 1. The monoisotopic (exact) mass is 368 g/mol. The highest BCUT2D eigenvalue weighted by atomic mass is 19.1. The average molecular weight is 368 g/mol. The molecule has 0 radical (unpaired) electrons. The first kappa shape index (κ1) is 17.0. The van der Waals surface area contributed by atoms with Gasteiger partial charge in [0.2, 0.25) is 0 Å². The zero-order chi connectivity index (χ0) is 18.6. The SMILES string of the molecule is CCOC(=O)c1c(-c2ccc(F)cc2)n[nH]c1C12CC3CC(CC(C3)C1)C2. The molecule has 0 unspecified atom stereocenters. The Labute approximate surface area is 158 Å². The van der Waals surface area contributed by atoms with Crippen LogP contribution < -0.4 is 0 Å². The number of halogens is 1. The number of aromatic amines is 1. The van der Waals surface area contributed by atoms with E-state index in [1.165, 1.54) is 31.4 Å². The molecule has 6 rings (SSSR count). The zero-order valence-electron chi connectivity index (χ0n) is 15.6. The van der Waals surface area contributed by atoms with Crippen LogP contribution >= 0.6 is 0 Å². The van der Waals surface area contributed by atoms with Gasteiger partial charge in [0.15, 0.2) is 0 Å². The molecule has 5 heteroatoms. The van der Waals surface area contributed by atoms with E-state index in [1.807, 2.05) is 6.92 Å². The standard InChI is InChI=1S/C22H25FN2O2/c1-2-27-21(26)18-19(16-3-5-17(23)6-4-16)24-25-20(18)22-10-13-7-14(11-22)9-15(8-13)12-22/h3-6,13-15H,2,7-12H2,1H3,(H,24,25). The second-order valence-corrected chi connectivity index (χ2v) is 8.75. The molecule has 4 nitrogen and oxygen atoms in total. The number of carbonyl (C=O) groups excluding carboxylic acids is 1. The summed E-state index contributed by atoms with van der Waals surface area (Å²) in [7, 11) is 0. The van der Waals surface area contributed by atoms with Gasteiger partial charge < -0.3 is 4.74 Å². The van der Waals surface area contributed by atoms with E-state index in [0.29, 0.717) is 17.9 Å². The Hall–Kier alpha value is -2.17. The topological polar surface area (TPSA) is 55.0 Å². The van der Waals surface area contributed by atoms with Gasteiger partial charge in [-0.25, -0.2) is 9.18 Å². The van der Waals surface area contributed by atoms with Crippen molar-refractivity contribution in [3.05, 3.63) is 41.3 Å². The van der Waals surface area contributed by atoms with Gasteiger partial charge in [-0.2, -0.15) is 5.10 Å². The van der Waals surface area contributed by atoms with Gasteiger partial charge in [0, 0.05) is 11.0 Å².